The molecule has 2 aromatic carbocycles. The highest BCUT2D eigenvalue weighted by Gasteiger charge is 2.32. The Morgan fingerprint density at radius 1 is 1.21 bits per heavy atom. The van der Waals surface area contributed by atoms with Crippen LogP contribution in [0.1, 0.15) is 34.7 Å². The van der Waals surface area contributed by atoms with Gasteiger partial charge in [-0.25, -0.2) is 8.78 Å². The van der Waals surface area contributed by atoms with Crippen LogP contribution in [0.2, 0.25) is 0 Å². The van der Waals surface area contributed by atoms with Crippen LogP contribution in [-0.4, -0.2) is 30.3 Å². The molecule has 1 unspecified atom stereocenters. The van der Waals surface area contributed by atoms with Gasteiger partial charge in [-0.2, -0.15) is 5.10 Å². The quantitative estimate of drug-likeness (QED) is 0.511. The minimum Gasteiger partial charge on any atom is -0.494 e. The summed E-state index contributed by atoms with van der Waals surface area (Å²) >= 11 is 0. The third kappa shape index (κ3) is 4.08. The van der Waals surface area contributed by atoms with E-state index in [2.05, 4.69) is 22.1 Å². The third-order valence-corrected chi connectivity index (χ3v) is 6.04. The molecule has 1 atom stereocenters. The molecule has 3 aromatic rings. The van der Waals surface area contributed by atoms with Crippen molar-refractivity contribution in [2.24, 2.45) is 0 Å². The standard InChI is InChI=1S/C25H25F2N3O3/c1-5-21(31)28-17-9-6-13(2)10-16(17)25-15-8-7-14(11-18(15)29-30-25)22-23(26)19(32-3)12-20(33-4)24(22)27/h5-6,9-10,12,14H,1,7-8,11H2,2-4H3,(H,28,31)(H,29,30). The number of H-pyrrole nitrogens is 1. The molecule has 0 aliphatic heterocycles. The fraction of sp³-hybridized carbons (Fsp3) is 0.280. The maximum absolute atomic E-state index is 15.0. The number of benzene rings is 2. The second-order valence-corrected chi connectivity index (χ2v) is 8.03. The maximum Gasteiger partial charge on any atom is 0.247 e. The highest BCUT2D eigenvalue weighted by molar-refractivity contribution is 6.01. The summed E-state index contributed by atoms with van der Waals surface area (Å²) in [5.41, 5.74) is 4.88. The summed E-state index contributed by atoms with van der Waals surface area (Å²) in [6.45, 7) is 5.46. The number of anilines is 1. The van der Waals surface area contributed by atoms with Gasteiger partial charge in [0, 0.05) is 28.5 Å². The number of carbonyl (C=O) groups excluding carboxylic acids is 1. The molecular formula is C25H25F2N3O3. The van der Waals surface area contributed by atoms with Gasteiger partial charge in [0.2, 0.25) is 5.91 Å². The van der Waals surface area contributed by atoms with Gasteiger partial charge < -0.3 is 14.8 Å². The molecule has 0 radical (unpaired) electrons. The number of hydrogen-bond acceptors (Lipinski definition) is 4. The zero-order valence-electron chi connectivity index (χ0n) is 18.7. The monoisotopic (exact) mass is 453 g/mol. The Morgan fingerprint density at radius 2 is 1.91 bits per heavy atom. The van der Waals surface area contributed by atoms with Crippen LogP contribution < -0.4 is 14.8 Å². The summed E-state index contributed by atoms with van der Waals surface area (Å²) in [4.78, 5) is 11.9. The number of nitrogens with zero attached hydrogens (tertiary/aromatic N) is 1. The topological polar surface area (TPSA) is 76.2 Å². The number of halogens is 2. The van der Waals surface area contributed by atoms with Crippen LogP contribution in [0, 0.1) is 18.6 Å². The highest BCUT2D eigenvalue weighted by Crippen LogP contribution is 2.43. The molecule has 8 heteroatoms. The van der Waals surface area contributed by atoms with Gasteiger partial charge in [-0.3, -0.25) is 9.89 Å². The molecule has 0 bridgehead atoms. The fourth-order valence-corrected chi connectivity index (χ4v) is 4.39. The van der Waals surface area contributed by atoms with Gasteiger partial charge in [0.25, 0.3) is 0 Å². The van der Waals surface area contributed by atoms with E-state index in [9.17, 15) is 4.79 Å². The van der Waals surface area contributed by atoms with E-state index in [4.69, 9.17) is 9.47 Å². The summed E-state index contributed by atoms with van der Waals surface area (Å²) in [5, 5.41) is 10.4. The molecule has 33 heavy (non-hydrogen) atoms. The second kappa shape index (κ2) is 9.05. The van der Waals surface area contributed by atoms with Gasteiger partial charge >= 0.3 is 0 Å². The van der Waals surface area contributed by atoms with Crippen LogP contribution in [0.25, 0.3) is 11.3 Å². The largest absolute Gasteiger partial charge is 0.494 e. The van der Waals surface area contributed by atoms with Gasteiger partial charge in [-0.15, -0.1) is 0 Å². The predicted octanol–water partition coefficient (Wildman–Crippen LogP) is 5.08. The van der Waals surface area contributed by atoms with E-state index in [-0.39, 0.29) is 23.0 Å². The van der Waals surface area contributed by atoms with E-state index >= 15 is 8.78 Å². The zero-order valence-corrected chi connectivity index (χ0v) is 18.7. The Hall–Kier alpha value is -3.68. The SMILES string of the molecule is C=CC(=O)Nc1ccc(C)cc1-c1n[nH]c2c1CCC(c1c(F)c(OC)cc(OC)c1F)C2. The first-order valence-electron chi connectivity index (χ1n) is 10.6. The van der Waals surface area contributed by atoms with E-state index in [1.807, 2.05) is 25.1 Å². The lowest BCUT2D eigenvalue weighted by Gasteiger charge is -2.25. The van der Waals surface area contributed by atoms with Gasteiger partial charge in [0.05, 0.1) is 25.6 Å². The highest BCUT2D eigenvalue weighted by atomic mass is 19.1. The number of methoxy groups -OCH3 is 2. The number of aryl methyl sites for hydroxylation is 1. The summed E-state index contributed by atoms with van der Waals surface area (Å²) in [6.07, 6.45) is 2.67. The Kier molecular flexibility index (Phi) is 6.18. The maximum atomic E-state index is 15.0. The van der Waals surface area contributed by atoms with Crippen LogP contribution in [0.15, 0.2) is 36.9 Å². The number of nitrogens with one attached hydrogen (secondary N) is 2. The Balaban J connectivity index is 1.72. The van der Waals surface area contributed by atoms with E-state index in [1.165, 1.54) is 26.4 Å². The Labute approximate surface area is 190 Å². The number of fused-ring (bicyclic) bond motifs is 1. The molecule has 2 N–H and O–H groups in total. The molecule has 0 fully saturated rings. The van der Waals surface area contributed by atoms with Crippen LogP contribution in [0.4, 0.5) is 14.5 Å². The lowest BCUT2D eigenvalue weighted by Crippen LogP contribution is -2.16. The molecule has 1 aliphatic carbocycles. The lowest BCUT2D eigenvalue weighted by molar-refractivity contribution is -0.111. The number of aromatic amines is 1. The van der Waals surface area contributed by atoms with Crippen molar-refractivity contribution in [3.8, 4) is 22.8 Å². The Bertz CT molecular complexity index is 1210. The van der Waals surface area contributed by atoms with Gasteiger partial charge in [-0.05, 0) is 50.3 Å². The molecule has 1 amide bonds. The van der Waals surface area contributed by atoms with Crippen molar-refractivity contribution in [3.05, 3.63) is 70.9 Å². The van der Waals surface area contributed by atoms with Gasteiger partial charge in [0.15, 0.2) is 23.1 Å². The van der Waals surface area contributed by atoms with E-state index in [0.717, 1.165) is 28.1 Å². The third-order valence-electron chi connectivity index (χ3n) is 6.04. The first-order chi connectivity index (χ1) is 15.9. The number of ether oxygens (including phenoxy) is 2. The summed E-state index contributed by atoms with van der Waals surface area (Å²) < 4.78 is 40.3. The second-order valence-electron chi connectivity index (χ2n) is 8.03. The van der Waals surface area contributed by atoms with Crippen molar-refractivity contribution < 1.29 is 23.0 Å². The Morgan fingerprint density at radius 3 is 2.55 bits per heavy atom. The van der Waals surface area contributed by atoms with Crippen molar-refractivity contribution in [2.45, 2.75) is 32.1 Å². The van der Waals surface area contributed by atoms with E-state index < -0.39 is 17.6 Å². The molecular weight excluding hydrogens is 428 g/mol. The van der Waals surface area contributed by atoms with Crippen molar-refractivity contribution in [1.82, 2.24) is 10.2 Å². The zero-order chi connectivity index (χ0) is 23.7. The molecule has 1 aromatic heterocycles. The number of amides is 1. The van der Waals surface area contributed by atoms with Crippen molar-refractivity contribution in [2.75, 3.05) is 19.5 Å². The normalized spacial score (nSPS) is 15.0. The van der Waals surface area contributed by atoms with Crippen LogP contribution in [0.5, 0.6) is 11.5 Å². The van der Waals surface area contributed by atoms with Gasteiger partial charge in [0.1, 0.15) is 0 Å². The molecule has 4 rings (SSSR count). The molecule has 6 nitrogen and oxygen atoms in total. The number of hydrogen-bond donors (Lipinski definition) is 2. The summed E-state index contributed by atoms with van der Waals surface area (Å²) in [7, 11) is 2.68. The summed E-state index contributed by atoms with van der Waals surface area (Å²) in [6, 6.07) is 6.89. The average molecular weight is 453 g/mol. The van der Waals surface area contributed by atoms with Crippen LogP contribution >= 0.6 is 0 Å². The molecule has 0 spiro atoms. The molecule has 0 saturated heterocycles. The number of aromatic nitrogens is 2. The van der Waals surface area contributed by atoms with Gasteiger partial charge in [-0.1, -0.05) is 18.2 Å². The van der Waals surface area contributed by atoms with Crippen LogP contribution in [-0.2, 0) is 17.6 Å². The molecule has 1 heterocycles. The minimum absolute atomic E-state index is 0.0394. The summed E-state index contributed by atoms with van der Waals surface area (Å²) in [5.74, 6) is -2.26. The fourth-order valence-electron chi connectivity index (χ4n) is 4.39. The first-order valence-corrected chi connectivity index (χ1v) is 10.6. The minimum atomic E-state index is -0.711. The first kappa shape index (κ1) is 22.5. The van der Waals surface area contributed by atoms with Crippen molar-refractivity contribution in [3.63, 3.8) is 0 Å². The van der Waals surface area contributed by atoms with E-state index in [1.54, 1.807) is 0 Å². The molecule has 1 aliphatic rings. The van der Waals surface area contributed by atoms with E-state index in [0.29, 0.717) is 24.9 Å². The predicted molar refractivity (Wildman–Crippen MR) is 122 cm³/mol. The lowest BCUT2D eigenvalue weighted by atomic mass is 9.81. The van der Waals surface area contributed by atoms with Crippen LogP contribution in [0.3, 0.4) is 0 Å². The molecule has 172 valence electrons. The van der Waals surface area contributed by atoms with Crippen molar-refractivity contribution >= 4 is 11.6 Å². The number of rotatable bonds is 6. The smallest absolute Gasteiger partial charge is 0.247 e. The average Bonchev–Trinajstić information content (AvgIpc) is 3.23. The number of carbonyl (C=O) groups is 1. The molecule has 0 saturated carbocycles. The van der Waals surface area contributed by atoms with Crippen molar-refractivity contribution in [1.29, 1.82) is 0 Å².